The number of carbonyl (C=O) groups is 1. The molecule has 14 heavy (non-hydrogen) atoms. The zero-order valence-electron chi connectivity index (χ0n) is 7.60. The van der Waals surface area contributed by atoms with Crippen LogP contribution in [0.1, 0.15) is 10.4 Å². The van der Waals surface area contributed by atoms with Crippen molar-refractivity contribution in [3.8, 4) is 0 Å². The van der Waals surface area contributed by atoms with E-state index >= 15 is 0 Å². The monoisotopic (exact) mass is 228 g/mol. The molecule has 0 unspecified atom stereocenters. The van der Waals surface area contributed by atoms with E-state index in [1.54, 1.807) is 21.6 Å². The average Bonchev–Trinajstić information content (AvgIpc) is 2.25. The van der Waals surface area contributed by atoms with Gasteiger partial charge in [0, 0.05) is 22.8 Å². The van der Waals surface area contributed by atoms with E-state index in [9.17, 15) is 4.79 Å². The number of carbonyl (C=O) groups excluding carboxylic acids is 1. The van der Waals surface area contributed by atoms with Crippen LogP contribution in [0.3, 0.4) is 0 Å². The minimum absolute atomic E-state index is 0.711. The van der Waals surface area contributed by atoms with Gasteiger partial charge in [0.05, 0.1) is 0 Å². The van der Waals surface area contributed by atoms with Crippen molar-refractivity contribution in [1.29, 1.82) is 0 Å². The normalized spacial score (nSPS) is 10.1. The molecular formula is C9H12N2OS2. The molecule has 1 aromatic carbocycles. The van der Waals surface area contributed by atoms with Crippen molar-refractivity contribution in [3.63, 3.8) is 0 Å². The highest BCUT2D eigenvalue weighted by Gasteiger charge is 1.95. The highest BCUT2D eigenvalue weighted by Crippen LogP contribution is 2.30. The van der Waals surface area contributed by atoms with Crippen molar-refractivity contribution in [2.24, 2.45) is 5.84 Å². The fourth-order valence-corrected chi connectivity index (χ4v) is 2.72. The molecule has 3 N–H and O–H groups in total. The number of benzene rings is 1. The zero-order chi connectivity index (χ0) is 10.2. The van der Waals surface area contributed by atoms with Crippen molar-refractivity contribution >= 4 is 27.9 Å². The Kier molecular flexibility index (Phi) is 5.70. The van der Waals surface area contributed by atoms with E-state index in [1.807, 2.05) is 24.3 Å². The van der Waals surface area contributed by atoms with Crippen LogP contribution in [-0.2, 0) is 0 Å². The van der Waals surface area contributed by atoms with E-state index in [0.29, 0.717) is 5.56 Å². The molecule has 0 saturated heterocycles. The molecular weight excluding hydrogens is 216 g/mol. The van der Waals surface area contributed by atoms with Crippen LogP contribution >= 0.6 is 21.6 Å². The van der Waals surface area contributed by atoms with Crippen molar-refractivity contribution in [2.45, 2.75) is 4.90 Å². The zero-order valence-corrected chi connectivity index (χ0v) is 9.24. The SMILES string of the molecule is NNCCSSc1ccc(C=O)cc1. The van der Waals surface area contributed by atoms with Crippen molar-refractivity contribution in [2.75, 3.05) is 12.3 Å². The van der Waals surface area contributed by atoms with Crippen LogP contribution in [0.25, 0.3) is 0 Å². The lowest BCUT2D eigenvalue weighted by molar-refractivity contribution is 0.112. The van der Waals surface area contributed by atoms with Crippen LogP contribution in [0.2, 0.25) is 0 Å². The number of hydrazine groups is 1. The number of aldehydes is 1. The third-order valence-electron chi connectivity index (χ3n) is 1.50. The number of rotatable bonds is 6. The predicted molar refractivity (Wildman–Crippen MR) is 62.3 cm³/mol. The summed E-state index contributed by atoms with van der Waals surface area (Å²) in [5.41, 5.74) is 3.30. The van der Waals surface area contributed by atoms with Gasteiger partial charge in [-0.1, -0.05) is 33.7 Å². The van der Waals surface area contributed by atoms with Crippen LogP contribution in [0.5, 0.6) is 0 Å². The molecule has 0 atom stereocenters. The van der Waals surface area contributed by atoms with Gasteiger partial charge in [0.15, 0.2) is 0 Å². The molecule has 0 fully saturated rings. The third-order valence-corrected chi connectivity index (χ3v) is 3.89. The second-order valence-electron chi connectivity index (χ2n) is 2.55. The van der Waals surface area contributed by atoms with E-state index in [2.05, 4.69) is 5.43 Å². The lowest BCUT2D eigenvalue weighted by atomic mass is 10.2. The summed E-state index contributed by atoms with van der Waals surface area (Å²) >= 11 is 0. The predicted octanol–water partition coefficient (Wildman–Crippen LogP) is 1.70. The summed E-state index contributed by atoms with van der Waals surface area (Å²) in [6, 6.07) is 7.52. The first kappa shape index (κ1) is 11.6. The second kappa shape index (κ2) is 6.89. The minimum Gasteiger partial charge on any atom is -0.298 e. The van der Waals surface area contributed by atoms with E-state index in [-0.39, 0.29) is 0 Å². The van der Waals surface area contributed by atoms with Gasteiger partial charge < -0.3 is 0 Å². The molecule has 0 heterocycles. The Hall–Kier alpha value is -0.490. The summed E-state index contributed by atoms with van der Waals surface area (Å²) in [6.45, 7) is 0.796. The molecule has 0 spiro atoms. The molecule has 0 aliphatic rings. The van der Waals surface area contributed by atoms with Crippen LogP contribution < -0.4 is 11.3 Å². The first-order valence-corrected chi connectivity index (χ1v) is 6.47. The van der Waals surface area contributed by atoms with Gasteiger partial charge in [-0.05, 0) is 12.1 Å². The largest absolute Gasteiger partial charge is 0.298 e. The molecule has 0 bridgehead atoms. The first-order chi connectivity index (χ1) is 6.86. The van der Waals surface area contributed by atoms with Gasteiger partial charge >= 0.3 is 0 Å². The molecule has 0 aliphatic heterocycles. The molecule has 76 valence electrons. The summed E-state index contributed by atoms with van der Waals surface area (Å²) < 4.78 is 0. The lowest BCUT2D eigenvalue weighted by Crippen LogP contribution is -2.24. The highest BCUT2D eigenvalue weighted by atomic mass is 33.1. The van der Waals surface area contributed by atoms with E-state index in [4.69, 9.17) is 5.84 Å². The highest BCUT2D eigenvalue weighted by molar-refractivity contribution is 8.76. The van der Waals surface area contributed by atoms with Crippen LogP contribution in [0, 0.1) is 0 Å². The van der Waals surface area contributed by atoms with Gasteiger partial charge in [-0.2, -0.15) is 0 Å². The van der Waals surface area contributed by atoms with Gasteiger partial charge in [0.25, 0.3) is 0 Å². The van der Waals surface area contributed by atoms with Gasteiger partial charge in [-0.25, -0.2) is 0 Å². The molecule has 3 nitrogen and oxygen atoms in total. The Bertz CT molecular complexity index is 277. The molecule has 1 aromatic rings. The summed E-state index contributed by atoms with van der Waals surface area (Å²) in [7, 11) is 3.41. The van der Waals surface area contributed by atoms with Gasteiger partial charge in [-0.3, -0.25) is 16.1 Å². The van der Waals surface area contributed by atoms with Crippen molar-refractivity contribution in [3.05, 3.63) is 29.8 Å². The Morgan fingerprint density at radius 1 is 1.36 bits per heavy atom. The van der Waals surface area contributed by atoms with Crippen LogP contribution in [0.4, 0.5) is 0 Å². The second-order valence-corrected chi connectivity index (χ2v) is 5.04. The molecule has 0 saturated carbocycles. The van der Waals surface area contributed by atoms with Crippen molar-refractivity contribution < 1.29 is 4.79 Å². The molecule has 1 rings (SSSR count). The fourth-order valence-electron chi connectivity index (χ4n) is 0.812. The van der Waals surface area contributed by atoms with E-state index < -0.39 is 0 Å². The Balaban J connectivity index is 2.32. The number of hydrogen-bond acceptors (Lipinski definition) is 5. The third kappa shape index (κ3) is 4.15. The van der Waals surface area contributed by atoms with Crippen molar-refractivity contribution in [1.82, 2.24) is 5.43 Å². The quantitative estimate of drug-likeness (QED) is 0.255. The molecule has 0 aliphatic carbocycles. The van der Waals surface area contributed by atoms with Gasteiger partial charge in [-0.15, -0.1) is 0 Å². The van der Waals surface area contributed by atoms with Crippen LogP contribution in [-0.4, -0.2) is 18.6 Å². The number of nitrogens with one attached hydrogen (secondary N) is 1. The van der Waals surface area contributed by atoms with Crippen LogP contribution in [0.15, 0.2) is 29.2 Å². The summed E-state index contributed by atoms with van der Waals surface area (Å²) in [5, 5.41) is 0. The standard InChI is InChI=1S/C9H12N2OS2/c10-11-5-6-13-14-9-3-1-8(7-12)2-4-9/h1-4,7,11H,5-6,10H2. The van der Waals surface area contributed by atoms with Gasteiger partial charge in [0.1, 0.15) is 6.29 Å². The van der Waals surface area contributed by atoms with E-state index in [0.717, 1.165) is 23.5 Å². The smallest absolute Gasteiger partial charge is 0.150 e. The fraction of sp³-hybridized carbons (Fsp3) is 0.222. The lowest BCUT2D eigenvalue weighted by Gasteiger charge is -2.00. The molecule has 0 radical (unpaired) electrons. The Labute approximate surface area is 91.2 Å². The maximum Gasteiger partial charge on any atom is 0.150 e. The molecule has 0 amide bonds. The van der Waals surface area contributed by atoms with E-state index in [1.165, 1.54) is 0 Å². The maximum absolute atomic E-state index is 10.4. The summed E-state index contributed by atoms with van der Waals surface area (Å²) in [6.07, 6.45) is 0.847. The topological polar surface area (TPSA) is 55.1 Å². The first-order valence-electron chi connectivity index (χ1n) is 4.15. The average molecular weight is 228 g/mol. The summed E-state index contributed by atoms with van der Waals surface area (Å²) in [4.78, 5) is 11.5. The Morgan fingerprint density at radius 3 is 2.64 bits per heavy atom. The maximum atomic E-state index is 10.4. The summed E-state index contributed by atoms with van der Waals surface area (Å²) in [5.74, 6) is 6.09. The van der Waals surface area contributed by atoms with Gasteiger partial charge in [0.2, 0.25) is 0 Å². The molecule has 0 aromatic heterocycles. The number of nitrogens with two attached hydrogens (primary N) is 1. The minimum atomic E-state index is 0.711. The Morgan fingerprint density at radius 2 is 2.07 bits per heavy atom. The molecule has 5 heteroatoms. The number of hydrogen-bond donors (Lipinski definition) is 2.